The predicted octanol–water partition coefficient (Wildman–Crippen LogP) is 2.61. The van der Waals surface area contributed by atoms with E-state index >= 15 is 0 Å². The molecular weight excluding hydrogens is 308 g/mol. The molecule has 0 aromatic carbocycles. The topological polar surface area (TPSA) is 66.9 Å². The maximum absolute atomic E-state index is 11.9. The SMILES string of the molecule is Cc1cc(C)nc(SCC(=O)NCCNC2CCCCCC2)n1. The summed E-state index contributed by atoms with van der Waals surface area (Å²) in [6.45, 7) is 5.42. The van der Waals surface area contributed by atoms with E-state index in [2.05, 4.69) is 20.6 Å². The van der Waals surface area contributed by atoms with Gasteiger partial charge < -0.3 is 10.6 Å². The zero-order valence-corrected chi connectivity index (χ0v) is 15.0. The molecule has 5 nitrogen and oxygen atoms in total. The Hall–Kier alpha value is -1.14. The van der Waals surface area contributed by atoms with E-state index in [9.17, 15) is 4.79 Å². The van der Waals surface area contributed by atoms with Crippen molar-refractivity contribution >= 4 is 17.7 Å². The molecule has 1 aliphatic carbocycles. The Labute approximate surface area is 143 Å². The van der Waals surface area contributed by atoms with Gasteiger partial charge in [0.15, 0.2) is 5.16 Å². The molecule has 2 N–H and O–H groups in total. The molecule has 1 aromatic rings. The summed E-state index contributed by atoms with van der Waals surface area (Å²) in [5.74, 6) is 0.409. The summed E-state index contributed by atoms with van der Waals surface area (Å²) < 4.78 is 0. The minimum absolute atomic E-state index is 0.0421. The van der Waals surface area contributed by atoms with Gasteiger partial charge in [-0.1, -0.05) is 37.4 Å². The summed E-state index contributed by atoms with van der Waals surface area (Å²) in [6, 6.07) is 2.57. The summed E-state index contributed by atoms with van der Waals surface area (Å²) in [5.41, 5.74) is 1.88. The van der Waals surface area contributed by atoms with Crippen LogP contribution in [0, 0.1) is 13.8 Å². The van der Waals surface area contributed by atoms with Crippen molar-refractivity contribution in [3.8, 4) is 0 Å². The highest BCUT2D eigenvalue weighted by atomic mass is 32.2. The average Bonchev–Trinajstić information content (AvgIpc) is 2.77. The number of nitrogens with zero attached hydrogens (tertiary/aromatic N) is 2. The Morgan fingerprint density at radius 1 is 1.13 bits per heavy atom. The van der Waals surface area contributed by atoms with Crippen LogP contribution in [0.5, 0.6) is 0 Å². The molecule has 0 bridgehead atoms. The van der Waals surface area contributed by atoms with Gasteiger partial charge in [0.2, 0.25) is 5.91 Å². The Morgan fingerprint density at radius 3 is 2.43 bits per heavy atom. The Balaban J connectivity index is 1.59. The second-order valence-corrected chi connectivity index (χ2v) is 7.16. The van der Waals surface area contributed by atoms with E-state index in [-0.39, 0.29) is 5.91 Å². The molecule has 1 amide bonds. The molecule has 0 aliphatic heterocycles. The Morgan fingerprint density at radius 2 is 1.78 bits per heavy atom. The van der Waals surface area contributed by atoms with E-state index in [0.717, 1.165) is 17.9 Å². The lowest BCUT2D eigenvalue weighted by atomic mass is 10.1. The summed E-state index contributed by atoms with van der Waals surface area (Å²) in [7, 11) is 0. The fourth-order valence-corrected chi connectivity index (χ4v) is 3.68. The third kappa shape index (κ3) is 7.31. The molecule has 0 radical (unpaired) electrons. The van der Waals surface area contributed by atoms with Crippen molar-refractivity contribution in [3.63, 3.8) is 0 Å². The zero-order chi connectivity index (χ0) is 16.5. The van der Waals surface area contributed by atoms with Crippen LogP contribution in [-0.2, 0) is 4.79 Å². The molecule has 0 spiro atoms. The van der Waals surface area contributed by atoms with Crippen LogP contribution < -0.4 is 10.6 Å². The predicted molar refractivity (Wildman–Crippen MR) is 94.7 cm³/mol. The average molecular weight is 337 g/mol. The molecule has 0 saturated heterocycles. The van der Waals surface area contributed by atoms with Gasteiger partial charge in [-0.05, 0) is 32.8 Å². The van der Waals surface area contributed by atoms with Crippen molar-refractivity contribution in [2.24, 2.45) is 0 Å². The minimum Gasteiger partial charge on any atom is -0.354 e. The molecule has 1 aliphatic rings. The van der Waals surface area contributed by atoms with Crippen LogP contribution >= 0.6 is 11.8 Å². The van der Waals surface area contributed by atoms with Crippen LogP contribution in [0.4, 0.5) is 0 Å². The molecule has 1 aromatic heterocycles. The highest BCUT2D eigenvalue weighted by molar-refractivity contribution is 7.99. The lowest BCUT2D eigenvalue weighted by Gasteiger charge is -2.16. The number of aryl methyl sites for hydroxylation is 2. The van der Waals surface area contributed by atoms with E-state index in [1.54, 1.807) is 0 Å². The summed E-state index contributed by atoms with van der Waals surface area (Å²) >= 11 is 1.39. The monoisotopic (exact) mass is 336 g/mol. The van der Waals surface area contributed by atoms with E-state index < -0.39 is 0 Å². The number of rotatable bonds is 7. The van der Waals surface area contributed by atoms with Crippen LogP contribution in [0.1, 0.15) is 49.9 Å². The Kier molecular flexibility index (Phi) is 7.82. The molecule has 1 saturated carbocycles. The van der Waals surface area contributed by atoms with Crippen molar-refractivity contribution in [3.05, 3.63) is 17.5 Å². The van der Waals surface area contributed by atoms with Crippen LogP contribution in [0.2, 0.25) is 0 Å². The van der Waals surface area contributed by atoms with Crippen molar-refractivity contribution in [2.75, 3.05) is 18.8 Å². The lowest BCUT2D eigenvalue weighted by molar-refractivity contribution is -0.118. The van der Waals surface area contributed by atoms with Gasteiger partial charge >= 0.3 is 0 Å². The molecule has 0 unspecified atom stereocenters. The first-order valence-corrected chi connectivity index (χ1v) is 9.57. The van der Waals surface area contributed by atoms with Crippen molar-refractivity contribution in [1.29, 1.82) is 0 Å². The maximum Gasteiger partial charge on any atom is 0.230 e. The van der Waals surface area contributed by atoms with Crippen LogP contribution in [0.25, 0.3) is 0 Å². The van der Waals surface area contributed by atoms with Gasteiger partial charge in [-0.25, -0.2) is 9.97 Å². The van der Waals surface area contributed by atoms with Gasteiger partial charge in [-0.2, -0.15) is 0 Å². The summed E-state index contributed by atoms with van der Waals surface area (Å²) in [4.78, 5) is 20.5. The third-order valence-electron chi connectivity index (χ3n) is 4.03. The second-order valence-electron chi connectivity index (χ2n) is 6.21. The number of thioether (sulfide) groups is 1. The molecule has 1 heterocycles. The van der Waals surface area contributed by atoms with Crippen LogP contribution in [0.3, 0.4) is 0 Å². The van der Waals surface area contributed by atoms with Crippen molar-refractivity contribution in [2.45, 2.75) is 63.6 Å². The highest BCUT2D eigenvalue weighted by Gasteiger charge is 2.11. The number of hydrogen-bond acceptors (Lipinski definition) is 5. The van der Waals surface area contributed by atoms with Gasteiger partial charge in [0.1, 0.15) is 0 Å². The molecule has 1 fully saturated rings. The quantitative estimate of drug-likeness (QED) is 0.347. The molecule has 0 atom stereocenters. The molecule has 23 heavy (non-hydrogen) atoms. The molecule has 128 valence electrons. The van der Waals surface area contributed by atoms with Gasteiger partial charge in [0.05, 0.1) is 5.75 Å². The fraction of sp³-hybridized carbons (Fsp3) is 0.706. The molecule has 2 rings (SSSR count). The Bertz CT molecular complexity index is 481. The first kappa shape index (κ1) is 18.2. The fourth-order valence-electron chi connectivity index (χ4n) is 2.90. The largest absolute Gasteiger partial charge is 0.354 e. The van der Waals surface area contributed by atoms with Gasteiger partial charge in [0, 0.05) is 30.5 Å². The van der Waals surface area contributed by atoms with E-state index in [1.165, 1.54) is 50.3 Å². The normalized spacial score (nSPS) is 16.1. The number of aromatic nitrogens is 2. The molecule has 6 heteroatoms. The third-order valence-corrected chi connectivity index (χ3v) is 4.88. The number of nitrogens with one attached hydrogen (secondary N) is 2. The lowest BCUT2D eigenvalue weighted by Crippen LogP contribution is -2.37. The smallest absolute Gasteiger partial charge is 0.230 e. The maximum atomic E-state index is 11.9. The minimum atomic E-state index is 0.0421. The van der Waals surface area contributed by atoms with Crippen molar-refractivity contribution < 1.29 is 4.79 Å². The second kappa shape index (κ2) is 9.88. The van der Waals surface area contributed by atoms with Gasteiger partial charge in [0.25, 0.3) is 0 Å². The van der Waals surface area contributed by atoms with E-state index in [0.29, 0.717) is 23.5 Å². The first-order valence-electron chi connectivity index (χ1n) is 8.58. The first-order chi connectivity index (χ1) is 11.1. The van der Waals surface area contributed by atoms with Gasteiger partial charge in [-0.3, -0.25) is 4.79 Å². The van der Waals surface area contributed by atoms with E-state index in [1.807, 2.05) is 19.9 Å². The number of carbonyl (C=O) groups excluding carboxylic acids is 1. The van der Waals surface area contributed by atoms with Crippen molar-refractivity contribution in [1.82, 2.24) is 20.6 Å². The zero-order valence-electron chi connectivity index (χ0n) is 14.2. The summed E-state index contributed by atoms with van der Waals surface area (Å²) in [6.07, 6.45) is 7.94. The summed E-state index contributed by atoms with van der Waals surface area (Å²) in [5, 5.41) is 7.19. The van der Waals surface area contributed by atoms with Gasteiger partial charge in [-0.15, -0.1) is 0 Å². The van der Waals surface area contributed by atoms with Crippen LogP contribution in [-0.4, -0.2) is 40.8 Å². The number of carbonyl (C=O) groups is 1. The van der Waals surface area contributed by atoms with E-state index in [4.69, 9.17) is 0 Å². The highest BCUT2D eigenvalue weighted by Crippen LogP contribution is 2.17. The molecular formula is C17H28N4OS. The standard InChI is InChI=1S/C17H28N4OS/c1-13-11-14(2)21-17(20-13)23-12-16(22)19-10-9-18-15-7-5-3-4-6-8-15/h11,15,18H,3-10,12H2,1-2H3,(H,19,22). The van der Waals surface area contributed by atoms with Crippen LogP contribution in [0.15, 0.2) is 11.2 Å². The number of amides is 1. The number of hydrogen-bond donors (Lipinski definition) is 2.